The van der Waals surface area contributed by atoms with Gasteiger partial charge in [0.15, 0.2) is 5.75 Å². The number of carboxylic acid groups (broad SMARTS) is 1. The average molecular weight is 321 g/mol. The van der Waals surface area contributed by atoms with Crippen LogP contribution < -0.4 is 10.5 Å². The molecule has 3 N–H and O–H groups in total. The van der Waals surface area contributed by atoms with Crippen molar-refractivity contribution in [2.24, 2.45) is 0 Å². The molecule has 0 fully saturated rings. The van der Waals surface area contributed by atoms with Gasteiger partial charge in [-0.05, 0) is 18.6 Å². The predicted octanol–water partition coefficient (Wildman–Crippen LogP) is 2.82. The summed E-state index contributed by atoms with van der Waals surface area (Å²) in [5.41, 5.74) is 3.30. The zero-order chi connectivity index (χ0) is 16.9. The molecule has 0 spiro atoms. The molecule has 0 amide bonds. The number of nitrogen functional groups attached to an aromatic ring is 1. The van der Waals surface area contributed by atoms with Crippen molar-refractivity contribution in [3.8, 4) is 5.75 Å². The lowest BCUT2D eigenvalue weighted by Gasteiger charge is -2.16. The SMILES string of the molecule is CCCCOC(=O)c1c(C(=O)O)ccc(N)c1OC(F)(F)F. The lowest BCUT2D eigenvalue weighted by Crippen LogP contribution is -2.22. The minimum absolute atomic E-state index is 0.0609. The normalized spacial score (nSPS) is 11.1. The number of unbranched alkanes of at least 4 members (excludes halogenated alkanes) is 1. The van der Waals surface area contributed by atoms with Crippen molar-refractivity contribution in [2.75, 3.05) is 12.3 Å². The highest BCUT2D eigenvalue weighted by Crippen LogP contribution is 2.34. The van der Waals surface area contributed by atoms with Gasteiger partial charge >= 0.3 is 18.3 Å². The third-order valence-electron chi connectivity index (χ3n) is 2.57. The molecular formula is C13H14F3NO5. The van der Waals surface area contributed by atoms with Crippen LogP contribution in [0.3, 0.4) is 0 Å². The van der Waals surface area contributed by atoms with E-state index in [-0.39, 0.29) is 6.61 Å². The molecule has 0 unspecified atom stereocenters. The fourth-order valence-electron chi connectivity index (χ4n) is 1.59. The molecule has 0 heterocycles. The van der Waals surface area contributed by atoms with Gasteiger partial charge in [-0.2, -0.15) is 0 Å². The average Bonchev–Trinajstić information content (AvgIpc) is 2.39. The van der Waals surface area contributed by atoms with E-state index in [9.17, 15) is 22.8 Å². The zero-order valence-corrected chi connectivity index (χ0v) is 11.6. The number of hydrogen-bond donors (Lipinski definition) is 2. The number of benzene rings is 1. The Morgan fingerprint density at radius 3 is 2.45 bits per heavy atom. The maximum Gasteiger partial charge on any atom is 0.573 e. The number of carbonyl (C=O) groups is 2. The molecule has 1 aromatic carbocycles. The third-order valence-corrected chi connectivity index (χ3v) is 2.57. The minimum Gasteiger partial charge on any atom is -0.478 e. The van der Waals surface area contributed by atoms with E-state index in [4.69, 9.17) is 15.6 Å². The fourth-order valence-corrected chi connectivity index (χ4v) is 1.59. The summed E-state index contributed by atoms with van der Waals surface area (Å²) in [4.78, 5) is 23.0. The predicted molar refractivity (Wildman–Crippen MR) is 69.7 cm³/mol. The molecule has 0 saturated heterocycles. The lowest BCUT2D eigenvalue weighted by molar-refractivity contribution is -0.274. The van der Waals surface area contributed by atoms with Crippen LogP contribution in [0.25, 0.3) is 0 Å². The summed E-state index contributed by atoms with van der Waals surface area (Å²) in [7, 11) is 0. The van der Waals surface area contributed by atoms with Crippen molar-refractivity contribution in [1.29, 1.82) is 0 Å². The van der Waals surface area contributed by atoms with Gasteiger partial charge in [0.05, 0.1) is 17.9 Å². The summed E-state index contributed by atoms with van der Waals surface area (Å²) < 4.78 is 45.7. The van der Waals surface area contributed by atoms with Crippen LogP contribution >= 0.6 is 0 Å². The number of carboxylic acids is 1. The van der Waals surface area contributed by atoms with Crippen LogP contribution in [0.4, 0.5) is 18.9 Å². The second-order valence-corrected chi connectivity index (χ2v) is 4.25. The maximum atomic E-state index is 12.4. The number of rotatable bonds is 6. The van der Waals surface area contributed by atoms with E-state index in [2.05, 4.69) is 4.74 Å². The standard InChI is InChI=1S/C13H14F3NO5/c1-2-3-6-21-12(20)9-7(11(18)19)4-5-8(17)10(9)22-13(14,15)16/h4-5H,2-3,6,17H2,1H3,(H,18,19). The van der Waals surface area contributed by atoms with Gasteiger partial charge in [-0.15, -0.1) is 13.2 Å². The number of aromatic carboxylic acids is 1. The molecule has 6 nitrogen and oxygen atoms in total. The number of ether oxygens (including phenoxy) is 2. The smallest absolute Gasteiger partial charge is 0.478 e. The molecule has 0 bridgehead atoms. The zero-order valence-electron chi connectivity index (χ0n) is 11.6. The third kappa shape index (κ3) is 4.54. The largest absolute Gasteiger partial charge is 0.573 e. The van der Waals surface area contributed by atoms with Crippen LogP contribution in [0.5, 0.6) is 5.75 Å². The van der Waals surface area contributed by atoms with Crippen molar-refractivity contribution >= 4 is 17.6 Å². The highest BCUT2D eigenvalue weighted by molar-refractivity contribution is 6.06. The quantitative estimate of drug-likeness (QED) is 0.475. The van der Waals surface area contributed by atoms with Crippen LogP contribution in [0.1, 0.15) is 40.5 Å². The van der Waals surface area contributed by atoms with Gasteiger partial charge in [0.1, 0.15) is 5.56 Å². The van der Waals surface area contributed by atoms with Crippen LogP contribution in [0.15, 0.2) is 12.1 Å². The maximum absolute atomic E-state index is 12.4. The van der Waals surface area contributed by atoms with Crippen molar-refractivity contribution in [1.82, 2.24) is 0 Å². The molecule has 0 aliphatic heterocycles. The van der Waals surface area contributed by atoms with Crippen LogP contribution in [0, 0.1) is 0 Å². The van der Waals surface area contributed by atoms with Gasteiger partial charge in [0.2, 0.25) is 0 Å². The molecule has 0 atom stereocenters. The van der Waals surface area contributed by atoms with Gasteiger partial charge in [-0.25, -0.2) is 9.59 Å². The molecule has 22 heavy (non-hydrogen) atoms. The number of alkyl halides is 3. The summed E-state index contributed by atoms with van der Waals surface area (Å²) in [6, 6.07) is 1.82. The monoisotopic (exact) mass is 321 g/mol. The summed E-state index contributed by atoms with van der Waals surface area (Å²) in [5.74, 6) is -3.92. The van der Waals surface area contributed by atoms with Crippen molar-refractivity contribution in [3.63, 3.8) is 0 Å². The van der Waals surface area contributed by atoms with E-state index < -0.39 is 40.9 Å². The molecular weight excluding hydrogens is 307 g/mol. The molecule has 0 saturated carbocycles. The van der Waals surface area contributed by atoms with E-state index in [1.807, 2.05) is 6.92 Å². The first-order valence-electron chi connectivity index (χ1n) is 6.26. The summed E-state index contributed by atoms with van der Waals surface area (Å²) in [6.45, 7) is 1.75. The van der Waals surface area contributed by atoms with Gasteiger partial charge in [0.25, 0.3) is 0 Å². The van der Waals surface area contributed by atoms with Crippen LogP contribution in [-0.4, -0.2) is 30.0 Å². The number of carbonyl (C=O) groups excluding carboxylic acids is 1. The first-order valence-corrected chi connectivity index (χ1v) is 6.26. The number of nitrogens with two attached hydrogens (primary N) is 1. The summed E-state index contributed by atoms with van der Waals surface area (Å²) in [6.07, 6.45) is -3.97. The van der Waals surface area contributed by atoms with E-state index in [0.29, 0.717) is 12.8 Å². The second kappa shape index (κ2) is 7.01. The molecule has 0 radical (unpaired) electrons. The number of halogens is 3. The fraction of sp³-hybridized carbons (Fsp3) is 0.385. The molecule has 0 aliphatic rings. The Labute approximate surface area is 123 Å². The number of esters is 1. The molecule has 1 rings (SSSR count). The van der Waals surface area contributed by atoms with E-state index >= 15 is 0 Å². The van der Waals surface area contributed by atoms with E-state index in [1.165, 1.54) is 0 Å². The van der Waals surface area contributed by atoms with Crippen LogP contribution in [-0.2, 0) is 4.74 Å². The van der Waals surface area contributed by atoms with Crippen molar-refractivity contribution < 1.29 is 37.3 Å². The summed E-state index contributed by atoms with van der Waals surface area (Å²) in [5, 5.41) is 9.01. The molecule has 9 heteroatoms. The van der Waals surface area contributed by atoms with Gasteiger partial charge in [-0.1, -0.05) is 13.3 Å². The van der Waals surface area contributed by atoms with Gasteiger partial charge < -0.3 is 20.3 Å². The Balaban J connectivity index is 3.32. The lowest BCUT2D eigenvalue weighted by atomic mass is 10.0. The molecule has 0 aliphatic carbocycles. The first-order chi connectivity index (χ1) is 10.2. The Morgan fingerprint density at radius 2 is 1.95 bits per heavy atom. The number of hydrogen-bond acceptors (Lipinski definition) is 5. The summed E-state index contributed by atoms with van der Waals surface area (Å²) >= 11 is 0. The Bertz CT molecular complexity index is 572. The van der Waals surface area contributed by atoms with Crippen LogP contribution in [0.2, 0.25) is 0 Å². The molecule has 122 valence electrons. The number of anilines is 1. The van der Waals surface area contributed by atoms with Crippen molar-refractivity contribution in [2.45, 2.75) is 26.1 Å². The van der Waals surface area contributed by atoms with Gasteiger partial charge in [-0.3, -0.25) is 0 Å². The topological polar surface area (TPSA) is 98.9 Å². The van der Waals surface area contributed by atoms with Gasteiger partial charge in [0, 0.05) is 0 Å². The highest BCUT2D eigenvalue weighted by atomic mass is 19.4. The first kappa shape index (κ1) is 17.6. The second-order valence-electron chi connectivity index (χ2n) is 4.25. The Morgan fingerprint density at radius 1 is 1.32 bits per heavy atom. The Hall–Kier alpha value is -2.45. The molecule has 0 aromatic heterocycles. The van der Waals surface area contributed by atoms with Crippen molar-refractivity contribution in [3.05, 3.63) is 23.3 Å². The highest BCUT2D eigenvalue weighted by Gasteiger charge is 2.36. The van der Waals surface area contributed by atoms with E-state index in [1.54, 1.807) is 0 Å². The van der Waals surface area contributed by atoms with E-state index in [0.717, 1.165) is 12.1 Å². The Kier molecular flexibility index (Phi) is 5.61. The minimum atomic E-state index is -5.14. The molecule has 1 aromatic rings.